The number of aromatic hydroxyl groups is 1. The highest BCUT2D eigenvalue weighted by molar-refractivity contribution is 5.64. The first kappa shape index (κ1) is 12.9. The average molecular weight is 266 g/mol. The summed E-state index contributed by atoms with van der Waals surface area (Å²) in [6, 6.07) is 15.2. The molecule has 102 valence electrons. The van der Waals surface area contributed by atoms with Gasteiger partial charge in [-0.1, -0.05) is 48.6 Å². The van der Waals surface area contributed by atoms with Crippen molar-refractivity contribution in [2.24, 2.45) is 5.92 Å². The number of phenols is 1. The lowest BCUT2D eigenvalue weighted by atomic mass is 9.92. The number of aliphatic hydroxyl groups excluding tert-OH is 1. The zero-order chi connectivity index (χ0) is 13.9. The van der Waals surface area contributed by atoms with E-state index in [1.54, 1.807) is 12.1 Å². The molecule has 0 aromatic heterocycles. The van der Waals surface area contributed by atoms with E-state index in [1.807, 2.05) is 36.4 Å². The third kappa shape index (κ3) is 2.61. The van der Waals surface area contributed by atoms with E-state index in [1.165, 1.54) is 0 Å². The Morgan fingerprint density at radius 3 is 1.85 bits per heavy atom. The molecule has 0 radical (unpaired) electrons. The predicted molar refractivity (Wildman–Crippen MR) is 80.4 cm³/mol. The first-order chi connectivity index (χ1) is 9.74. The zero-order valence-electron chi connectivity index (χ0n) is 11.2. The second-order valence-corrected chi connectivity index (χ2v) is 5.32. The summed E-state index contributed by atoms with van der Waals surface area (Å²) in [5, 5.41) is 19.6. The molecule has 1 aliphatic carbocycles. The normalized spacial score (nSPS) is 16.4. The maximum absolute atomic E-state index is 10.3. The first-order valence-corrected chi connectivity index (χ1v) is 6.96. The van der Waals surface area contributed by atoms with Crippen LogP contribution in [-0.4, -0.2) is 10.2 Å². The van der Waals surface area contributed by atoms with Crippen LogP contribution in [0.3, 0.4) is 0 Å². The Bertz CT molecular complexity index is 588. The maximum atomic E-state index is 10.3. The van der Waals surface area contributed by atoms with Gasteiger partial charge >= 0.3 is 0 Å². The Kier molecular flexibility index (Phi) is 3.57. The minimum absolute atomic E-state index is 0.273. The number of benzene rings is 2. The molecule has 0 aliphatic heterocycles. The molecule has 0 heterocycles. The van der Waals surface area contributed by atoms with Gasteiger partial charge in [0, 0.05) is 0 Å². The smallest absolute Gasteiger partial charge is 0.115 e. The van der Waals surface area contributed by atoms with E-state index in [2.05, 4.69) is 12.2 Å². The molecule has 2 aromatic rings. The summed E-state index contributed by atoms with van der Waals surface area (Å²) in [5.41, 5.74) is 3.12. The van der Waals surface area contributed by atoms with Crippen molar-refractivity contribution in [2.45, 2.75) is 18.9 Å². The molecule has 1 aliphatic rings. The lowest BCUT2D eigenvalue weighted by molar-refractivity contribution is 0.115. The van der Waals surface area contributed by atoms with E-state index in [0.29, 0.717) is 5.92 Å². The van der Waals surface area contributed by atoms with Gasteiger partial charge in [-0.25, -0.2) is 0 Å². The van der Waals surface area contributed by atoms with Gasteiger partial charge < -0.3 is 10.2 Å². The van der Waals surface area contributed by atoms with Crippen LogP contribution in [0.15, 0.2) is 60.7 Å². The summed E-state index contributed by atoms with van der Waals surface area (Å²) < 4.78 is 0. The Labute approximate surface area is 119 Å². The number of hydrogen-bond donors (Lipinski definition) is 2. The third-order valence-electron chi connectivity index (χ3n) is 3.94. The molecule has 3 rings (SSSR count). The van der Waals surface area contributed by atoms with Crippen molar-refractivity contribution in [3.63, 3.8) is 0 Å². The van der Waals surface area contributed by atoms with Crippen LogP contribution in [0.5, 0.6) is 5.75 Å². The Morgan fingerprint density at radius 2 is 1.30 bits per heavy atom. The molecule has 2 aromatic carbocycles. The minimum Gasteiger partial charge on any atom is -0.508 e. The third-order valence-corrected chi connectivity index (χ3v) is 3.94. The fourth-order valence-corrected chi connectivity index (χ4v) is 2.69. The second kappa shape index (κ2) is 5.51. The van der Waals surface area contributed by atoms with Crippen molar-refractivity contribution in [3.8, 4) is 16.9 Å². The number of allylic oxidation sites excluding steroid dienone is 2. The van der Waals surface area contributed by atoms with Crippen molar-refractivity contribution in [1.29, 1.82) is 0 Å². The Morgan fingerprint density at radius 1 is 0.800 bits per heavy atom. The summed E-state index contributed by atoms with van der Waals surface area (Å²) >= 11 is 0. The second-order valence-electron chi connectivity index (χ2n) is 5.32. The summed E-state index contributed by atoms with van der Waals surface area (Å²) in [4.78, 5) is 0. The quantitative estimate of drug-likeness (QED) is 0.822. The standard InChI is InChI=1S/C18H18O2/c19-17-11-9-14(10-12-17)13-5-7-16(8-6-13)18(20)15-3-1-2-4-15/h1-2,5-12,15,18-20H,3-4H2. The summed E-state index contributed by atoms with van der Waals surface area (Å²) in [7, 11) is 0. The van der Waals surface area contributed by atoms with Gasteiger partial charge in [0.1, 0.15) is 5.75 Å². The average Bonchev–Trinajstić information content (AvgIpc) is 3.02. The predicted octanol–water partition coefficient (Wildman–Crippen LogP) is 4.06. The topological polar surface area (TPSA) is 40.5 Å². The van der Waals surface area contributed by atoms with E-state index < -0.39 is 0 Å². The molecule has 1 atom stereocenters. The first-order valence-electron chi connectivity index (χ1n) is 6.96. The van der Waals surface area contributed by atoms with E-state index in [9.17, 15) is 10.2 Å². The highest BCUT2D eigenvalue weighted by Gasteiger charge is 2.21. The maximum Gasteiger partial charge on any atom is 0.115 e. The zero-order valence-corrected chi connectivity index (χ0v) is 11.2. The molecule has 0 bridgehead atoms. The van der Waals surface area contributed by atoms with Crippen LogP contribution in [-0.2, 0) is 0 Å². The van der Waals surface area contributed by atoms with Gasteiger partial charge in [-0.3, -0.25) is 0 Å². The molecule has 0 saturated heterocycles. The van der Waals surface area contributed by atoms with Crippen LogP contribution in [0.4, 0.5) is 0 Å². The van der Waals surface area contributed by atoms with E-state index in [0.717, 1.165) is 29.5 Å². The van der Waals surface area contributed by atoms with E-state index in [4.69, 9.17) is 0 Å². The van der Waals surface area contributed by atoms with Crippen molar-refractivity contribution in [2.75, 3.05) is 0 Å². The largest absolute Gasteiger partial charge is 0.508 e. The van der Waals surface area contributed by atoms with Crippen LogP contribution in [0.1, 0.15) is 24.5 Å². The van der Waals surface area contributed by atoms with Gasteiger partial charge in [0.2, 0.25) is 0 Å². The molecular formula is C18H18O2. The number of hydrogen-bond acceptors (Lipinski definition) is 2. The highest BCUT2D eigenvalue weighted by Crippen LogP contribution is 2.32. The molecule has 20 heavy (non-hydrogen) atoms. The van der Waals surface area contributed by atoms with Crippen molar-refractivity contribution < 1.29 is 10.2 Å². The summed E-state index contributed by atoms with van der Waals surface area (Å²) in [6.07, 6.45) is 5.80. The Balaban J connectivity index is 1.78. The molecule has 2 nitrogen and oxygen atoms in total. The summed E-state index contributed by atoms with van der Waals surface area (Å²) in [6.45, 7) is 0. The van der Waals surface area contributed by atoms with E-state index in [-0.39, 0.29) is 11.9 Å². The monoisotopic (exact) mass is 266 g/mol. The molecule has 2 heteroatoms. The molecule has 1 unspecified atom stereocenters. The number of aliphatic hydroxyl groups is 1. The molecular weight excluding hydrogens is 248 g/mol. The van der Waals surface area contributed by atoms with Gasteiger partial charge in [0.05, 0.1) is 6.10 Å². The van der Waals surface area contributed by atoms with Crippen LogP contribution in [0.2, 0.25) is 0 Å². The van der Waals surface area contributed by atoms with E-state index >= 15 is 0 Å². The van der Waals surface area contributed by atoms with Crippen LogP contribution < -0.4 is 0 Å². The van der Waals surface area contributed by atoms with Crippen molar-refractivity contribution in [1.82, 2.24) is 0 Å². The van der Waals surface area contributed by atoms with Gasteiger partial charge in [0.25, 0.3) is 0 Å². The van der Waals surface area contributed by atoms with Crippen LogP contribution in [0, 0.1) is 5.92 Å². The lowest BCUT2D eigenvalue weighted by Gasteiger charge is -2.18. The fraction of sp³-hybridized carbons (Fsp3) is 0.222. The molecule has 0 spiro atoms. The van der Waals surface area contributed by atoms with Gasteiger partial charge in [0.15, 0.2) is 0 Å². The number of phenolic OH excluding ortho intramolecular Hbond substituents is 1. The van der Waals surface area contributed by atoms with Crippen molar-refractivity contribution >= 4 is 0 Å². The molecule has 2 N–H and O–H groups in total. The summed E-state index contributed by atoms with van der Waals surface area (Å²) in [5.74, 6) is 0.587. The fourth-order valence-electron chi connectivity index (χ4n) is 2.69. The van der Waals surface area contributed by atoms with Gasteiger partial charge in [-0.05, 0) is 47.6 Å². The van der Waals surface area contributed by atoms with Crippen molar-refractivity contribution in [3.05, 3.63) is 66.2 Å². The molecule has 0 amide bonds. The highest BCUT2D eigenvalue weighted by atomic mass is 16.3. The van der Waals surface area contributed by atoms with Crippen LogP contribution in [0.25, 0.3) is 11.1 Å². The van der Waals surface area contributed by atoms with Gasteiger partial charge in [-0.2, -0.15) is 0 Å². The SMILES string of the molecule is Oc1ccc(-c2ccc(C(O)C3CC=CC3)cc2)cc1. The van der Waals surface area contributed by atoms with Gasteiger partial charge in [-0.15, -0.1) is 0 Å². The molecule has 0 fully saturated rings. The number of rotatable bonds is 3. The molecule has 0 saturated carbocycles. The Hall–Kier alpha value is -2.06. The minimum atomic E-state index is -0.390. The lowest BCUT2D eigenvalue weighted by Crippen LogP contribution is -2.08. The van der Waals surface area contributed by atoms with Crippen LogP contribution >= 0.6 is 0 Å².